The maximum absolute atomic E-state index is 11.2. The van der Waals surface area contributed by atoms with Crippen molar-refractivity contribution in [3.05, 3.63) is 35.9 Å². The molecule has 100 valence electrons. The molecule has 0 aliphatic heterocycles. The molecule has 5 heteroatoms. The fourth-order valence-corrected chi connectivity index (χ4v) is 2.12. The monoisotopic (exact) mass is 261 g/mol. The molecular weight excluding hydrogens is 246 g/mol. The van der Waals surface area contributed by atoms with Gasteiger partial charge in [0.1, 0.15) is 6.04 Å². The van der Waals surface area contributed by atoms with Crippen LogP contribution in [0, 0.1) is 0 Å². The number of rotatable bonds is 4. The average molecular weight is 261 g/mol. The summed E-state index contributed by atoms with van der Waals surface area (Å²) in [5, 5.41) is 10.8. The molecule has 0 aromatic heterocycles. The first-order valence-electron chi connectivity index (χ1n) is 5.72. The first-order chi connectivity index (χ1) is 9.10. The van der Waals surface area contributed by atoms with Crippen LogP contribution in [0.5, 0.6) is 11.5 Å². The third kappa shape index (κ3) is 2.20. The van der Waals surface area contributed by atoms with Gasteiger partial charge in [-0.15, -0.1) is 0 Å². The lowest BCUT2D eigenvalue weighted by molar-refractivity contribution is -0.138. The Labute approximate surface area is 110 Å². The molecule has 2 aromatic rings. The van der Waals surface area contributed by atoms with Crippen LogP contribution in [-0.4, -0.2) is 25.3 Å². The van der Waals surface area contributed by atoms with E-state index in [0.717, 1.165) is 10.8 Å². The quantitative estimate of drug-likeness (QED) is 0.879. The number of ether oxygens (including phenoxy) is 2. The molecule has 0 radical (unpaired) electrons. The van der Waals surface area contributed by atoms with Crippen molar-refractivity contribution in [3.63, 3.8) is 0 Å². The smallest absolute Gasteiger partial charge is 0.325 e. The highest BCUT2D eigenvalue weighted by molar-refractivity contribution is 5.94. The summed E-state index contributed by atoms with van der Waals surface area (Å²) in [6.45, 7) is 0. The molecule has 0 spiro atoms. The van der Waals surface area contributed by atoms with Gasteiger partial charge < -0.3 is 20.3 Å². The average Bonchev–Trinajstić information content (AvgIpc) is 2.44. The third-order valence-electron chi connectivity index (χ3n) is 3.01. The molecular formula is C14H15NO4. The van der Waals surface area contributed by atoms with Crippen LogP contribution in [0.25, 0.3) is 10.8 Å². The Morgan fingerprint density at radius 3 is 2.53 bits per heavy atom. The first-order valence-corrected chi connectivity index (χ1v) is 5.72. The summed E-state index contributed by atoms with van der Waals surface area (Å²) in [5.41, 5.74) is 6.19. The summed E-state index contributed by atoms with van der Waals surface area (Å²) in [4.78, 5) is 11.2. The number of benzene rings is 2. The molecule has 0 aliphatic carbocycles. The van der Waals surface area contributed by atoms with Crippen LogP contribution in [0.4, 0.5) is 0 Å². The SMILES string of the molecule is COc1cc2ccccc2c([C@H](N)C(=O)O)c1OC. The lowest BCUT2D eigenvalue weighted by atomic mass is 9.97. The molecule has 0 fully saturated rings. The van der Waals surface area contributed by atoms with Gasteiger partial charge in [0.15, 0.2) is 11.5 Å². The Balaban J connectivity index is 2.85. The summed E-state index contributed by atoms with van der Waals surface area (Å²) in [6.07, 6.45) is 0. The van der Waals surface area contributed by atoms with E-state index >= 15 is 0 Å². The maximum Gasteiger partial charge on any atom is 0.325 e. The van der Waals surface area contributed by atoms with Crippen LogP contribution in [0.1, 0.15) is 11.6 Å². The van der Waals surface area contributed by atoms with Crippen LogP contribution in [0.2, 0.25) is 0 Å². The Morgan fingerprint density at radius 1 is 1.26 bits per heavy atom. The Kier molecular flexibility index (Phi) is 3.57. The van der Waals surface area contributed by atoms with Gasteiger partial charge in [-0.2, -0.15) is 0 Å². The van der Waals surface area contributed by atoms with Gasteiger partial charge in [-0.3, -0.25) is 4.79 Å². The minimum Gasteiger partial charge on any atom is -0.493 e. The largest absolute Gasteiger partial charge is 0.493 e. The van der Waals surface area contributed by atoms with Gasteiger partial charge in [0.25, 0.3) is 0 Å². The number of nitrogens with two attached hydrogens (primary N) is 1. The highest BCUT2D eigenvalue weighted by atomic mass is 16.5. The van der Waals surface area contributed by atoms with Crippen molar-refractivity contribution in [2.24, 2.45) is 5.73 Å². The van der Waals surface area contributed by atoms with E-state index in [1.54, 1.807) is 6.07 Å². The van der Waals surface area contributed by atoms with Crippen molar-refractivity contribution in [3.8, 4) is 11.5 Å². The van der Waals surface area contributed by atoms with E-state index in [4.69, 9.17) is 20.3 Å². The van der Waals surface area contributed by atoms with E-state index in [1.165, 1.54) is 14.2 Å². The highest BCUT2D eigenvalue weighted by Crippen LogP contribution is 2.40. The minimum absolute atomic E-state index is 0.358. The van der Waals surface area contributed by atoms with Gasteiger partial charge in [-0.1, -0.05) is 24.3 Å². The number of carboxylic acids is 1. The first kappa shape index (κ1) is 13.2. The van der Waals surface area contributed by atoms with E-state index < -0.39 is 12.0 Å². The Hall–Kier alpha value is -2.27. The second kappa shape index (κ2) is 5.16. The van der Waals surface area contributed by atoms with E-state index in [0.29, 0.717) is 17.1 Å². The van der Waals surface area contributed by atoms with Crippen LogP contribution in [0.3, 0.4) is 0 Å². The van der Waals surface area contributed by atoms with Crippen molar-refractivity contribution < 1.29 is 19.4 Å². The maximum atomic E-state index is 11.2. The van der Waals surface area contributed by atoms with Crippen molar-refractivity contribution in [1.29, 1.82) is 0 Å². The van der Waals surface area contributed by atoms with E-state index in [-0.39, 0.29) is 0 Å². The molecule has 19 heavy (non-hydrogen) atoms. The molecule has 3 N–H and O–H groups in total. The third-order valence-corrected chi connectivity index (χ3v) is 3.01. The summed E-state index contributed by atoms with van der Waals surface area (Å²) < 4.78 is 10.5. The number of hydrogen-bond acceptors (Lipinski definition) is 4. The minimum atomic E-state index is -1.17. The zero-order valence-corrected chi connectivity index (χ0v) is 10.7. The molecule has 0 saturated carbocycles. The second-order valence-corrected chi connectivity index (χ2v) is 4.06. The van der Waals surface area contributed by atoms with Gasteiger partial charge in [-0.25, -0.2) is 0 Å². The fourth-order valence-electron chi connectivity index (χ4n) is 2.12. The predicted molar refractivity (Wildman–Crippen MR) is 71.6 cm³/mol. The van der Waals surface area contributed by atoms with Gasteiger partial charge in [0.2, 0.25) is 0 Å². The molecule has 0 saturated heterocycles. The molecule has 0 amide bonds. The van der Waals surface area contributed by atoms with Crippen molar-refractivity contribution >= 4 is 16.7 Å². The summed E-state index contributed by atoms with van der Waals surface area (Å²) in [6, 6.07) is 8.00. The molecule has 0 bridgehead atoms. The summed E-state index contributed by atoms with van der Waals surface area (Å²) >= 11 is 0. The zero-order valence-electron chi connectivity index (χ0n) is 10.7. The predicted octanol–water partition coefficient (Wildman–Crippen LogP) is 1.94. The molecule has 2 aromatic carbocycles. The number of carbonyl (C=O) groups is 1. The second-order valence-electron chi connectivity index (χ2n) is 4.06. The van der Waals surface area contributed by atoms with Gasteiger partial charge >= 0.3 is 5.97 Å². The number of aliphatic carboxylic acids is 1. The fraction of sp³-hybridized carbons (Fsp3) is 0.214. The van der Waals surface area contributed by atoms with Gasteiger partial charge in [-0.05, 0) is 16.8 Å². The van der Waals surface area contributed by atoms with Crippen molar-refractivity contribution in [2.45, 2.75) is 6.04 Å². The summed E-state index contributed by atoms with van der Waals surface area (Å²) in [5.74, 6) is -0.291. The van der Waals surface area contributed by atoms with Crippen molar-refractivity contribution in [1.82, 2.24) is 0 Å². The Bertz CT molecular complexity index is 624. The van der Waals surface area contributed by atoms with Crippen LogP contribution in [-0.2, 0) is 4.79 Å². The molecule has 0 heterocycles. The molecule has 5 nitrogen and oxygen atoms in total. The molecule has 0 unspecified atom stereocenters. The molecule has 1 atom stereocenters. The topological polar surface area (TPSA) is 81.8 Å². The van der Waals surface area contributed by atoms with E-state index in [2.05, 4.69) is 0 Å². The van der Waals surface area contributed by atoms with E-state index in [9.17, 15) is 4.79 Å². The van der Waals surface area contributed by atoms with Crippen LogP contribution < -0.4 is 15.2 Å². The van der Waals surface area contributed by atoms with Crippen LogP contribution >= 0.6 is 0 Å². The summed E-state index contributed by atoms with van der Waals surface area (Å²) in [7, 11) is 2.97. The van der Waals surface area contributed by atoms with Gasteiger partial charge in [0, 0.05) is 5.56 Å². The number of hydrogen-bond donors (Lipinski definition) is 2. The number of carboxylic acid groups (broad SMARTS) is 1. The zero-order chi connectivity index (χ0) is 14.0. The van der Waals surface area contributed by atoms with E-state index in [1.807, 2.05) is 24.3 Å². The number of fused-ring (bicyclic) bond motifs is 1. The Morgan fingerprint density at radius 2 is 1.95 bits per heavy atom. The molecule has 2 rings (SSSR count). The van der Waals surface area contributed by atoms with Crippen LogP contribution in [0.15, 0.2) is 30.3 Å². The number of methoxy groups -OCH3 is 2. The lowest BCUT2D eigenvalue weighted by Crippen LogP contribution is -2.22. The van der Waals surface area contributed by atoms with Gasteiger partial charge in [0.05, 0.1) is 14.2 Å². The highest BCUT2D eigenvalue weighted by Gasteiger charge is 2.24. The molecule has 0 aliphatic rings. The standard InChI is InChI=1S/C14H15NO4/c1-18-10-7-8-5-3-4-6-9(8)11(13(10)19-2)12(15)14(16)17/h3-7,12H,15H2,1-2H3,(H,16,17)/t12-/m0/s1. The van der Waals surface area contributed by atoms with Crippen molar-refractivity contribution in [2.75, 3.05) is 14.2 Å². The normalized spacial score (nSPS) is 12.2. The lowest BCUT2D eigenvalue weighted by Gasteiger charge is -2.18.